The standard InChI is InChI=1S/C33H49N8O16P/c1-3-19(33(52)53)37-31(50)27(16(2)42)40-30(49)23-5-4-12-41(23)32(51)22(14-24(35)43)39-28(47)20(10-11-26(45)46)38-29(48)21(36-25(44)15-34)13-17-6-8-18(9-7-17)57-58(54,55)56/h6-9,16,19-23,27,42H,3-5,10-15,34H2,1-2H3,(H2,35,43)(H,36,44)(H,37,50)(H,38,48)(H,39,47)(H,40,49)(H,45,46)(H,52,53)(H2,54,55,56)/t16-,19+,20+,21+,22+,23+,27+/m1/s1. The van der Waals surface area contributed by atoms with Crippen LogP contribution in [0.3, 0.4) is 0 Å². The number of carbonyl (C=O) groups is 9. The van der Waals surface area contributed by atoms with E-state index in [4.69, 9.17) is 21.3 Å². The van der Waals surface area contributed by atoms with Crippen molar-refractivity contribution in [3.63, 3.8) is 0 Å². The number of likely N-dealkylation sites (tertiary alicyclic amines) is 1. The van der Waals surface area contributed by atoms with Gasteiger partial charge in [-0.2, -0.15) is 0 Å². The molecule has 1 saturated heterocycles. The van der Waals surface area contributed by atoms with Crippen LogP contribution in [0.2, 0.25) is 0 Å². The fraction of sp³-hybridized carbons (Fsp3) is 0.545. The third-order valence-electron chi connectivity index (χ3n) is 8.65. The zero-order valence-corrected chi connectivity index (χ0v) is 32.4. The number of carboxylic acids is 2. The number of hydrogen-bond acceptors (Lipinski definition) is 13. The highest BCUT2D eigenvalue weighted by Crippen LogP contribution is 2.37. The van der Waals surface area contributed by atoms with E-state index < -0.39 is 129 Å². The van der Waals surface area contributed by atoms with Gasteiger partial charge in [0.1, 0.15) is 42.0 Å². The van der Waals surface area contributed by atoms with Crippen molar-refractivity contribution in [1.29, 1.82) is 0 Å². The Kier molecular flexibility index (Phi) is 18.6. The molecule has 58 heavy (non-hydrogen) atoms. The number of aliphatic hydroxyl groups is 1. The zero-order valence-electron chi connectivity index (χ0n) is 31.5. The molecule has 7 atom stereocenters. The molecule has 1 heterocycles. The number of benzene rings is 1. The van der Waals surface area contributed by atoms with Gasteiger partial charge in [-0.15, -0.1) is 0 Å². The fourth-order valence-electron chi connectivity index (χ4n) is 5.76. The van der Waals surface area contributed by atoms with Crippen LogP contribution in [-0.4, -0.2) is 139 Å². The highest BCUT2D eigenvalue weighted by Gasteiger charge is 2.41. The van der Waals surface area contributed by atoms with Gasteiger partial charge in [0.15, 0.2) is 0 Å². The summed E-state index contributed by atoms with van der Waals surface area (Å²) in [5, 5.41) is 40.4. The maximum Gasteiger partial charge on any atom is 0.524 e. The molecule has 24 nitrogen and oxygen atoms in total. The number of phosphoric acid groups is 1. The predicted molar refractivity (Wildman–Crippen MR) is 197 cm³/mol. The minimum atomic E-state index is -4.89. The molecule has 7 amide bonds. The van der Waals surface area contributed by atoms with E-state index in [-0.39, 0.29) is 38.0 Å². The van der Waals surface area contributed by atoms with E-state index in [2.05, 4.69) is 31.1 Å². The number of nitrogens with two attached hydrogens (primary N) is 2. The van der Waals surface area contributed by atoms with Crippen LogP contribution >= 0.6 is 7.82 Å². The number of carboxylic acid groups (broad SMARTS) is 2. The van der Waals surface area contributed by atoms with Gasteiger partial charge >= 0.3 is 19.8 Å². The highest BCUT2D eigenvalue weighted by atomic mass is 31.2. The highest BCUT2D eigenvalue weighted by molar-refractivity contribution is 7.46. The number of primary amides is 1. The van der Waals surface area contributed by atoms with E-state index in [0.717, 1.165) is 4.90 Å². The largest absolute Gasteiger partial charge is 0.524 e. The van der Waals surface area contributed by atoms with Gasteiger partial charge in [-0.3, -0.25) is 48.1 Å². The average molecular weight is 845 g/mol. The summed E-state index contributed by atoms with van der Waals surface area (Å²) in [6.07, 6.45) is -3.61. The molecule has 0 radical (unpaired) electrons. The maximum absolute atomic E-state index is 13.9. The molecule has 14 N–H and O–H groups in total. The molecule has 0 spiro atoms. The van der Waals surface area contributed by atoms with Crippen molar-refractivity contribution in [2.24, 2.45) is 11.5 Å². The number of rotatable bonds is 23. The van der Waals surface area contributed by atoms with Gasteiger partial charge in [0.05, 0.1) is 19.1 Å². The molecule has 0 aliphatic carbocycles. The molecule has 322 valence electrons. The Morgan fingerprint density at radius 1 is 0.879 bits per heavy atom. The lowest BCUT2D eigenvalue weighted by Gasteiger charge is -2.31. The summed E-state index contributed by atoms with van der Waals surface area (Å²) in [5.41, 5.74) is 11.1. The summed E-state index contributed by atoms with van der Waals surface area (Å²) in [5.74, 6) is -9.98. The van der Waals surface area contributed by atoms with Gasteiger partial charge in [0.25, 0.3) is 0 Å². The third-order valence-corrected chi connectivity index (χ3v) is 9.10. The van der Waals surface area contributed by atoms with E-state index in [1.54, 1.807) is 0 Å². The Bertz CT molecular complexity index is 1740. The molecule has 0 aromatic heterocycles. The molecule has 1 aliphatic heterocycles. The van der Waals surface area contributed by atoms with Crippen LogP contribution in [0.4, 0.5) is 0 Å². The molecule has 0 bridgehead atoms. The predicted octanol–water partition coefficient (Wildman–Crippen LogP) is -4.31. The van der Waals surface area contributed by atoms with Gasteiger partial charge in [-0.05, 0) is 50.3 Å². The second kappa shape index (κ2) is 22.3. The number of amides is 7. The Hall–Kier alpha value is -5.68. The lowest BCUT2D eigenvalue weighted by atomic mass is 10.0. The van der Waals surface area contributed by atoms with Gasteiger partial charge in [0.2, 0.25) is 41.4 Å². The Balaban J connectivity index is 2.33. The molecular formula is C33H49N8O16P. The molecule has 25 heteroatoms. The number of phosphoric ester groups is 1. The van der Waals surface area contributed by atoms with Crippen molar-refractivity contribution in [2.75, 3.05) is 13.1 Å². The van der Waals surface area contributed by atoms with E-state index in [1.165, 1.54) is 38.1 Å². The lowest BCUT2D eigenvalue weighted by molar-refractivity contribution is -0.145. The first-order valence-electron chi connectivity index (χ1n) is 17.8. The van der Waals surface area contributed by atoms with Crippen molar-refractivity contribution in [3.05, 3.63) is 29.8 Å². The molecular weight excluding hydrogens is 795 g/mol. The smallest absolute Gasteiger partial charge is 0.481 e. The molecule has 1 aliphatic rings. The molecule has 1 fully saturated rings. The molecule has 0 saturated carbocycles. The summed E-state index contributed by atoms with van der Waals surface area (Å²) in [6, 6.07) is -4.21. The van der Waals surface area contributed by atoms with Gasteiger partial charge in [-0.1, -0.05) is 19.1 Å². The Labute approximate surface area is 331 Å². The van der Waals surface area contributed by atoms with Crippen LogP contribution in [-0.2, 0) is 54.1 Å². The van der Waals surface area contributed by atoms with Crippen LogP contribution in [0.5, 0.6) is 5.75 Å². The minimum Gasteiger partial charge on any atom is -0.481 e. The first-order valence-corrected chi connectivity index (χ1v) is 19.4. The first kappa shape index (κ1) is 48.5. The van der Waals surface area contributed by atoms with Crippen molar-refractivity contribution >= 4 is 61.1 Å². The normalized spacial score (nSPS) is 16.9. The quantitative estimate of drug-likeness (QED) is 0.0464. The van der Waals surface area contributed by atoms with E-state index in [9.17, 15) is 63.0 Å². The van der Waals surface area contributed by atoms with Crippen LogP contribution in [0, 0.1) is 0 Å². The Morgan fingerprint density at radius 3 is 1.98 bits per heavy atom. The molecule has 1 aromatic carbocycles. The topological polar surface area (TPSA) is 397 Å². The number of aliphatic hydroxyl groups excluding tert-OH is 1. The Morgan fingerprint density at radius 2 is 1.47 bits per heavy atom. The number of nitrogens with one attached hydrogen (secondary N) is 5. The van der Waals surface area contributed by atoms with Crippen LogP contribution < -0.4 is 42.6 Å². The number of aliphatic carboxylic acids is 2. The number of hydrogen-bond donors (Lipinski definition) is 12. The van der Waals surface area contributed by atoms with Crippen molar-refractivity contribution < 1.29 is 77.3 Å². The zero-order chi connectivity index (χ0) is 43.9. The summed E-state index contributed by atoms with van der Waals surface area (Å²) in [6.45, 7) is 2.01. The van der Waals surface area contributed by atoms with Gasteiger partial charge < -0.3 is 62.8 Å². The number of nitrogens with zero attached hydrogens (tertiary/aromatic N) is 1. The van der Waals surface area contributed by atoms with Gasteiger partial charge in [-0.25, -0.2) is 9.36 Å². The summed E-state index contributed by atoms with van der Waals surface area (Å²) in [4.78, 5) is 134. The lowest BCUT2D eigenvalue weighted by Crippen LogP contribution is -2.61. The molecule has 0 unspecified atom stereocenters. The van der Waals surface area contributed by atoms with E-state index in [1.807, 2.05) is 0 Å². The van der Waals surface area contributed by atoms with Crippen LogP contribution in [0.15, 0.2) is 24.3 Å². The second-order valence-electron chi connectivity index (χ2n) is 13.2. The first-order chi connectivity index (χ1) is 27.1. The summed E-state index contributed by atoms with van der Waals surface area (Å²) < 4.78 is 15.6. The molecule has 2 rings (SSSR count). The SMILES string of the molecule is CC[C@H](NC(=O)[C@@H](NC(=O)[C@@H]1CCCN1C(=O)[C@H](CC(N)=O)NC(=O)[C@H](CCC(=O)O)NC(=O)[C@H](Cc1ccc(OP(=O)(O)O)cc1)NC(=O)CN)[C@@H](C)O)C(=O)O. The third kappa shape index (κ3) is 15.7. The summed E-state index contributed by atoms with van der Waals surface area (Å²) in [7, 11) is -4.89. The fourth-order valence-corrected chi connectivity index (χ4v) is 6.16. The van der Waals surface area contributed by atoms with Crippen LogP contribution in [0.25, 0.3) is 0 Å². The maximum atomic E-state index is 13.9. The van der Waals surface area contributed by atoms with E-state index >= 15 is 0 Å². The monoisotopic (exact) mass is 844 g/mol. The van der Waals surface area contributed by atoms with Crippen molar-refractivity contribution in [2.45, 2.75) is 101 Å². The van der Waals surface area contributed by atoms with Crippen molar-refractivity contribution in [1.82, 2.24) is 31.5 Å². The van der Waals surface area contributed by atoms with E-state index in [0.29, 0.717) is 5.56 Å². The minimum absolute atomic E-state index is 0.0118. The number of carbonyl (C=O) groups excluding carboxylic acids is 7. The average Bonchev–Trinajstić information content (AvgIpc) is 3.63. The van der Waals surface area contributed by atoms with Crippen molar-refractivity contribution in [3.8, 4) is 5.75 Å². The van der Waals surface area contributed by atoms with Crippen LogP contribution in [0.1, 0.15) is 57.9 Å². The van der Waals surface area contributed by atoms with Gasteiger partial charge in [0, 0.05) is 19.4 Å². The molecule has 1 aromatic rings. The second-order valence-corrected chi connectivity index (χ2v) is 14.4. The summed E-state index contributed by atoms with van der Waals surface area (Å²) >= 11 is 0.